The second-order valence-corrected chi connectivity index (χ2v) is 5.82. The molecule has 0 aromatic heterocycles. The molecular formula is C24H22O2. The summed E-state index contributed by atoms with van der Waals surface area (Å²) in [7, 11) is 3.37. The zero-order valence-electron chi connectivity index (χ0n) is 15.1. The van der Waals surface area contributed by atoms with Crippen LogP contribution in [0.1, 0.15) is 22.3 Å². The summed E-state index contributed by atoms with van der Waals surface area (Å²) in [6.45, 7) is 0. The first-order valence-electron chi connectivity index (χ1n) is 8.52. The lowest BCUT2D eigenvalue weighted by atomic mass is 10.1. The number of benzene rings is 3. The normalized spacial score (nSPS) is 11.2. The maximum atomic E-state index is 5.59. The molecule has 0 unspecified atom stereocenters. The molecule has 0 aliphatic rings. The molecule has 0 saturated heterocycles. The maximum Gasteiger partial charge on any atom is 0.126 e. The number of methoxy groups -OCH3 is 2. The summed E-state index contributed by atoms with van der Waals surface area (Å²) < 4.78 is 11.2. The topological polar surface area (TPSA) is 18.5 Å². The second kappa shape index (κ2) is 8.72. The first-order chi connectivity index (χ1) is 12.8. The third-order valence-electron chi connectivity index (χ3n) is 4.09. The number of rotatable bonds is 6. The van der Waals surface area contributed by atoms with Crippen LogP contribution >= 0.6 is 0 Å². The highest BCUT2D eigenvalue weighted by atomic mass is 16.5. The molecule has 0 amide bonds. The molecule has 0 fully saturated rings. The molecule has 0 aliphatic carbocycles. The third-order valence-corrected chi connectivity index (χ3v) is 4.09. The predicted molar refractivity (Wildman–Crippen MR) is 110 cm³/mol. The molecule has 0 spiro atoms. The zero-order valence-corrected chi connectivity index (χ0v) is 15.1. The maximum absolute atomic E-state index is 5.59. The predicted octanol–water partition coefficient (Wildman–Crippen LogP) is 6.04. The Bertz CT molecular complexity index is 817. The molecule has 2 nitrogen and oxygen atoms in total. The van der Waals surface area contributed by atoms with Gasteiger partial charge in [0.05, 0.1) is 14.2 Å². The molecule has 0 saturated carbocycles. The minimum Gasteiger partial charge on any atom is -0.496 e. The Morgan fingerprint density at radius 3 is 1.27 bits per heavy atom. The van der Waals surface area contributed by atoms with Crippen LogP contribution in [-0.4, -0.2) is 14.2 Å². The first kappa shape index (κ1) is 17.6. The largest absolute Gasteiger partial charge is 0.496 e. The summed E-state index contributed by atoms with van der Waals surface area (Å²) in [5.74, 6) is 1.62. The average Bonchev–Trinajstić information content (AvgIpc) is 2.72. The van der Waals surface area contributed by atoms with E-state index in [0.29, 0.717) is 0 Å². The van der Waals surface area contributed by atoms with E-state index < -0.39 is 0 Å². The fourth-order valence-corrected chi connectivity index (χ4v) is 2.71. The van der Waals surface area contributed by atoms with Crippen molar-refractivity contribution < 1.29 is 9.47 Å². The minimum atomic E-state index is 0.811. The van der Waals surface area contributed by atoms with E-state index in [2.05, 4.69) is 36.4 Å². The van der Waals surface area contributed by atoms with Gasteiger partial charge in [0.1, 0.15) is 11.5 Å². The van der Waals surface area contributed by atoms with Gasteiger partial charge in [-0.2, -0.15) is 0 Å². The molecular weight excluding hydrogens is 320 g/mol. The van der Waals surface area contributed by atoms with Gasteiger partial charge >= 0.3 is 0 Å². The quantitative estimate of drug-likeness (QED) is 0.508. The van der Waals surface area contributed by atoms with Crippen molar-refractivity contribution >= 4 is 24.3 Å². The summed E-state index contributed by atoms with van der Waals surface area (Å²) in [5.41, 5.74) is 4.23. The summed E-state index contributed by atoms with van der Waals surface area (Å²) in [6.07, 6.45) is 8.22. The number of hydrogen-bond acceptors (Lipinski definition) is 2. The van der Waals surface area contributed by atoms with E-state index in [1.807, 2.05) is 60.7 Å². The lowest BCUT2D eigenvalue weighted by molar-refractivity contribution is 0.401. The van der Waals surface area contributed by atoms with Crippen molar-refractivity contribution in [3.05, 3.63) is 95.1 Å². The van der Waals surface area contributed by atoms with Gasteiger partial charge in [-0.3, -0.25) is 0 Å². The highest BCUT2D eigenvalue weighted by molar-refractivity contribution is 5.78. The summed E-state index contributed by atoms with van der Waals surface area (Å²) in [4.78, 5) is 0. The molecule has 0 bridgehead atoms. The zero-order chi connectivity index (χ0) is 18.2. The summed E-state index contributed by atoms with van der Waals surface area (Å²) >= 11 is 0. The van der Waals surface area contributed by atoms with Gasteiger partial charge < -0.3 is 9.47 Å². The van der Waals surface area contributed by atoms with Gasteiger partial charge in [-0.05, 0) is 23.3 Å². The van der Waals surface area contributed by atoms with Gasteiger partial charge in [-0.15, -0.1) is 0 Å². The standard InChI is InChI=1S/C24H22O2/c1-25-23-17-22(16-14-20-11-7-4-8-12-20)24(26-2)18-21(23)15-13-19-9-5-3-6-10-19/h3-18H,1-2H3. The Morgan fingerprint density at radius 2 is 0.923 bits per heavy atom. The van der Waals surface area contributed by atoms with E-state index in [4.69, 9.17) is 9.47 Å². The number of hydrogen-bond donors (Lipinski definition) is 0. The van der Waals surface area contributed by atoms with Crippen LogP contribution in [-0.2, 0) is 0 Å². The highest BCUT2D eigenvalue weighted by Gasteiger charge is 2.08. The fourth-order valence-electron chi connectivity index (χ4n) is 2.71. The van der Waals surface area contributed by atoms with Crippen LogP contribution in [0.15, 0.2) is 72.8 Å². The number of ether oxygens (including phenoxy) is 2. The van der Waals surface area contributed by atoms with E-state index in [1.165, 1.54) is 0 Å². The van der Waals surface area contributed by atoms with Crippen LogP contribution in [0.2, 0.25) is 0 Å². The molecule has 3 aromatic rings. The van der Waals surface area contributed by atoms with Crippen LogP contribution < -0.4 is 9.47 Å². The molecule has 0 atom stereocenters. The summed E-state index contributed by atoms with van der Waals surface area (Å²) in [6, 6.07) is 24.4. The van der Waals surface area contributed by atoms with Crippen molar-refractivity contribution in [3.8, 4) is 11.5 Å². The smallest absolute Gasteiger partial charge is 0.126 e. The Kier molecular flexibility index (Phi) is 5.89. The van der Waals surface area contributed by atoms with Crippen molar-refractivity contribution in [2.75, 3.05) is 14.2 Å². The van der Waals surface area contributed by atoms with Crippen molar-refractivity contribution in [2.24, 2.45) is 0 Å². The monoisotopic (exact) mass is 342 g/mol. The molecule has 26 heavy (non-hydrogen) atoms. The molecule has 130 valence electrons. The Hall–Kier alpha value is -3.26. The molecule has 0 aliphatic heterocycles. The molecule has 2 heteroatoms. The van der Waals surface area contributed by atoms with E-state index in [0.717, 1.165) is 33.8 Å². The van der Waals surface area contributed by atoms with Gasteiger partial charge in [0.25, 0.3) is 0 Å². The third kappa shape index (κ3) is 4.42. The van der Waals surface area contributed by atoms with Gasteiger partial charge in [0.15, 0.2) is 0 Å². The fraction of sp³-hybridized carbons (Fsp3) is 0.0833. The Labute approximate surface area is 155 Å². The van der Waals surface area contributed by atoms with E-state index in [9.17, 15) is 0 Å². The van der Waals surface area contributed by atoms with Crippen LogP contribution in [0, 0.1) is 0 Å². The minimum absolute atomic E-state index is 0.811. The first-order valence-corrected chi connectivity index (χ1v) is 8.52. The van der Waals surface area contributed by atoms with Gasteiger partial charge in [0.2, 0.25) is 0 Å². The van der Waals surface area contributed by atoms with E-state index in [1.54, 1.807) is 14.2 Å². The Morgan fingerprint density at radius 1 is 0.538 bits per heavy atom. The van der Waals surface area contributed by atoms with Crippen molar-refractivity contribution in [1.82, 2.24) is 0 Å². The van der Waals surface area contributed by atoms with Gasteiger partial charge in [0, 0.05) is 11.1 Å². The average molecular weight is 342 g/mol. The highest BCUT2D eigenvalue weighted by Crippen LogP contribution is 2.31. The van der Waals surface area contributed by atoms with Crippen molar-refractivity contribution in [2.45, 2.75) is 0 Å². The van der Waals surface area contributed by atoms with Crippen LogP contribution in [0.25, 0.3) is 24.3 Å². The summed E-state index contributed by atoms with van der Waals surface area (Å²) in [5, 5.41) is 0. The SMILES string of the molecule is COc1cc(C=Cc2ccccc2)c(OC)cc1C=Cc1ccccc1. The van der Waals surface area contributed by atoms with Gasteiger partial charge in [-0.1, -0.05) is 85.0 Å². The van der Waals surface area contributed by atoms with Crippen LogP contribution in [0.4, 0.5) is 0 Å². The Balaban J connectivity index is 1.93. The molecule has 0 N–H and O–H groups in total. The van der Waals surface area contributed by atoms with E-state index >= 15 is 0 Å². The lowest BCUT2D eigenvalue weighted by Crippen LogP contribution is -1.93. The lowest BCUT2D eigenvalue weighted by Gasteiger charge is -2.11. The van der Waals surface area contributed by atoms with Crippen LogP contribution in [0.5, 0.6) is 11.5 Å². The van der Waals surface area contributed by atoms with Crippen LogP contribution in [0.3, 0.4) is 0 Å². The molecule has 3 aromatic carbocycles. The molecule has 3 rings (SSSR count). The van der Waals surface area contributed by atoms with Crippen molar-refractivity contribution in [3.63, 3.8) is 0 Å². The van der Waals surface area contributed by atoms with E-state index in [-0.39, 0.29) is 0 Å². The van der Waals surface area contributed by atoms with Crippen molar-refractivity contribution in [1.29, 1.82) is 0 Å². The second-order valence-electron chi connectivity index (χ2n) is 5.82. The molecule has 0 heterocycles. The van der Waals surface area contributed by atoms with Gasteiger partial charge in [-0.25, -0.2) is 0 Å². The molecule has 0 radical (unpaired) electrons.